The van der Waals surface area contributed by atoms with Crippen LogP contribution in [0.3, 0.4) is 0 Å². The highest BCUT2D eigenvalue weighted by atomic mass is 19.1. The first-order chi connectivity index (χ1) is 12.0. The zero-order valence-electron chi connectivity index (χ0n) is 12.8. The van der Waals surface area contributed by atoms with Gasteiger partial charge in [0.2, 0.25) is 5.90 Å². The molecule has 0 spiro atoms. The lowest BCUT2D eigenvalue weighted by Gasteiger charge is -1.98. The second-order valence-electron chi connectivity index (χ2n) is 5.08. The second kappa shape index (κ2) is 6.88. The zero-order chi connectivity index (χ0) is 17.8. The third-order valence-corrected chi connectivity index (χ3v) is 3.34. The molecular weight excluding hydrogens is 327 g/mol. The van der Waals surface area contributed by atoms with Gasteiger partial charge in [-0.05, 0) is 42.0 Å². The van der Waals surface area contributed by atoms with E-state index in [-0.39, 0.29) is 17.3 Å². The van der Waals surface area contributed by atoms with Crippen LogP contribution in [0.4, 0.5) is 10.1 Å². The highest BCUT2D eigenvalue weighted by Crippen LogP contribution is 2.18. The molecular formula is C18H11FN2O4. The molecule has 0 N–H and O–H groups in total. The van der Waals surface area contributed by atoms with Crippen molar-refractivity contribution >= 4 is 23.6 Å². The molecule has 0 fully saturated rings. The standard InChI is InChI=1S/C18H11FN2O4/c19-14-5-2-4-13(11-14)17-20-16(18(22)25-17)6-1-3-12-7-9-15(10-8-12)21(23)24/h1-11H/b3-1+,16-6-. The number of nitro groups is 1. The lowest BCUT2D eigenvalue weighted by atomic mass is 10.2. The molecule has 0 amide bonds. The summed E-state index contributed by atoms with van der Waals surface area (Å²) in [6.45, 7) is 0. The minimum atomic E-state index is -0.632. The number of benzene rings is 2. The van der Waals surface area contributed by atoms with Crippen LogP contribution >= 0.6 is 0 Å². The molecule has 0 radical (unpaired) electrons. The predicted octanol–water partition coefficient (Wildman–Crippen LogP) is 3.63. The van der Waals surface area contributed by atoms with Crippen LogP contribution < -0.4 is 0 Å². The number of cyclic esters (lactones) is 1. The van der Waals surface area contributed by atoms with Crippen LogP contribution in [-0.2, 0) is 9.53 Å². The number of non-ortho nitro benzene ring substituents is 1. The minimum absolute atomic E-state index is 0.000731. The van der Waals surface area contributed by atoms with Crippen LogP contribution in [0.5, 0.6) is 0 Å². The molecule has 6 nitrogen and oxygen atoms in total. The fraction of sp³-hybridized carbons (Fsp3) is 0. The first-order valence-corrected chi connectivity index (χ1v) is 7.22. The molecule has 1 aliphatic heterocycles. The normalized spacial score (nSPS) is 15.5. The molecule has 0 saturated heterocycles. The summed E-state index contributed by atoms with van der Waals surface area (Å²) in [5.41, 5.74) is 1.18. The van der Waals surface area contributed by atoms with Gasteiger partial charge >= 0.3 is 5.97 Å². The SMILES string of the molecule is O=C1OC(c2cccc(F)c2)=N/C1=C\C=C\c1ccc([N+](=O)[O-])cc1. The van der Waals surface area contributed by atoms with Gasteiger partial charge in [0.1, 0.15) is 5.82 Å². The lowest BCUT2D eigenvalue weighted by Crippen LogP contribution is -2.05. The average molecular weight is 338 g/mol. The summed E-state index contributed by atoms with van der Waals surface area (Å²) in [6, 6.07) is 11.5. The van der Waals surface area contributed by atoms with Gasteiger partial charge in [-0.3, -0.25) is 10.1 Å². The average Bonchev–Trinajstić information content (AvgIpc) is 2.96. The van der Waals surface area contributed by atoms with Crippen molar-refractivity contribution in [2.24, 2.45) is 4.99 Å². The van der Waals surface area contributed by atoms with E-state index in [1.807, 2.05) is 0 Å². The van der Waals surface area contributed by atoms with E-state index in [4.69, 9.17) is 4.74 Å². The third kappa shape index (κ3) is 3.84. The molecule has 0 unspecified atom stereocenters. The summed E-state index contributed by atoms with van der Waals surface area (Å²) >= 11 is 0. The molecule has 124 valence electrons. The lowest BCUT2D eigenvalue weighted by molar-refractivity contribution is -0.384. The van der Waals surface area contributed by atoms with Crippen LogP contribution in [0.15, 0.2) is 71.4 Å². The highest BCUT2D eigenvalue weighted by molar-refractivity contribution is 6.11. The number of rotatable bonds is 4. The van der Waals surface area contributed by atoms with Gasteiger partial charge in [0.15, 0.2) is 5.70 Å². The maximum Gasteiger partial charge on any atom is 0.363 e. The Bertz CT molecular complexity index is 930. The molecule has 0 atom stereocenters. The minimum Gasteiger partial charge on any atom is -0.402 e. The van der Waals surface area contributed by atoms with Crippen molar-refractivity contribution in [2.45, 2.75) is 0 Å². The van der Waals surface area contributed by atoms with Crippen molar-refractivity contribution in [2.75, 3.05) is 0 Å². The number of nitrogens with zero attached hydrogens (tertiary/aromatic N) is 2. The van der Waals surface area contributed by atoms with Crippen LogP contribution in [0, 0.1) is 15.9 Å². The van der Waals surface area contributed by atoms with Crippen molar-refractivity contribution in [3.8, 4) is 0 Å². The van der Waals surface area contributed by atoms with E-state index in [0.29, 0.717) is 5.56 Å². The molecule has 1 heterocycles. The number of carbonyl (C=O) groups is 1. The van der Waals surface area contributed by atoms with Crippen molar-refractivity contribution in [3.05, 3.63) is 93.4 Å². The molecule has 0 aliphatic carbocycles. The molecule has 7 heteroatoms. The highest BCUT2D eigenvalue weighted by Gasteiger charge is 2.23. The monoisotopic (exact) mass is 338 g/mol. The van der Waals surface area contributed by atoms with Gasteiger partial charge in [-0.2, -0.15) is 0 Å². The van der Waals surface area contributed by atoms with E-state index < -0.39 is 16.7 Å². The Morgan fingerprint density at radius 1 is 1.16 bits per heavy atom. The Kier molecular flexibility index (Phi) is 4.47. The van der Waals surface area contributed by atoms with Crippen molar-refractivity contribution in [1.29, 1.82) is 0 Å². The van der Waals surface area contributed by atoms with Crippen molar-refractivity contribution in [1.82, 2.24) is 0 Å². The summed E-state index contributed by atoms with van der Waals surface area (Å²) in [4.78, 5) is 26.0. The van der Waals surface area contributed by atoms with Crippen LogP contribution in [0.25, 0.3) is 6.08 Å². The van der Waals surface area contributed by atoms with E-state index in [0.717, 1.165) is 5.56 Å². The summed E-state index contributed by atoms with van der Waals surface area (Å²) in [7, 11) is 0. The largest absolute Gasteiger partial charge is 0.402 e. The van der Waals surface area contributed by atoms with Gasteiger partial charge in [0, 0.05) is 17.7 Å². The van der Waals surface area contributed by atoms with Gasteiger partial charge in [-0.15, -0.1) is 0 Å². The number of allylic oxidation sites excluding steroid dienone is 2. The van der Waals surface area contributed by atoms with E-state index in [1.165, 1.54) is 36.4 Å². The summed E-state index contributed by atoms with van der Waals surface area (Å²) in [5.74, 6) is -1.04. The summed E-state index contributed by atoms with van der Waals surface area (Å²) in [5, 5.41) is 10.6. The van der Waals surface area contributed by atoms with E-state index in [2.05, 4.69) is 4.99 Å². The molecule has 0 aromatic heterocycles. The number of esters is 1. The Labute approximate surface area is 141 Å². The number of hydrogen-bond acceptors (Lipinski definition) is 5. The molecule has 1 aliphatic rings. The Morgan fingerprint density at radius 3 is 2.60 bits per heavy atom. The van der Waals surface area contributed by atoms with Crippen molar-refractivity contribution < 1.29 is 18.8 Å². The summed E-state index contributed by atoms with van der Waals surface area (Å²) < 4.78 is 18.2. The molecule has 25 heavy (non-hydrogen) atoms. The van der Waals surface area contributed by atoms with Crippen LogP contribution in [-0.4, -0.2) is 16.8 Å². The Hall–Kier alpha value is -3.61. The number of aliphatic imine (C=N–C) groups is 1. The predicted molar refractivity (Wildman–Crippen MR) is 89.2 cm³/mol. The number of carbonyl (C=O) groups excluding carboxylic acids is 1. The van der Waals surface area contributed by atoms with Crippen molar-refractivity contribution in [3.63, 3.8) is 0 Å². The fourth-order valence-corrected chi connectivity index (χ4v) is 2.13. The maximum atomic E-state index is 13.2. The molecule has 2 aromatic carbocycles. The van der Waals surface area contributed by atoms with Gasteiger partial charge < -0.3 is 4.74 Å². The fourth-order valence-electron chi connectivity index (χ4n) is 2.13. The summed E-state index contributed by atoms with van der Waals surface area (Å²) in [6.07, 6.45) is 4.70. The van der Waals surface area contributed by atoms with E-state index in [9.17, 15) is 19.3 Å². The Balaban J connectivity index is 1.76. The second-order valence-corrected chi connectivity index (χ2v) is 5.08. The van der Waals surface area contributed by atoms with E-state index in [1.54, 1.807) is 30.4 Å². The number of nitro benzene ring substituents is 1. The maximum absolute atomic E-state index is 13.2. The van der Waals surface area contributed by atoms with Gasteiger partial charge in [-0.25, -0.2) is 14.2 Å². The topological polar surface area (TPSA) is 81.8 Å². The van der Waals surface area contributed by atoms with Gasteiger partial charge in [-0.1, -0.05) is 18.2 Å². The molecule has 0 bridgehead atoms. The molecule has 2 aromatic rings. The van der Waals surface area contributed by atoms with Gasteiger partial charge in [0.25, 0.3) is 5.69 Å². The third-order valence-electron chi connectivity index (χ3n) is 3.34. The zero-order valence-corrected chi connectivity index (χ0v) is 12.8. The van der Waals surface area contributed by atoms with Crippen LogP contribution in [0.1, 0.15) is 11.1 Å². The molecule has 0 saturated carbocycles. The molecule has 3 rings (SSSR count). The smallest absolute Gasteiger partial charge is 0.363 e. The quantitative estimate of drug-likeness (QED) is 0.369. The Morgan fingerprint density at radius 2 is 1.92 bits per heavy atom. The first kappa shape index (κ1) is 16.3. The number of halogens is 1. The van der Waals surface area contributed by atoms with Crippen LogP contribution in [0.2, 0.25) is 0 Å². The van der Waals surface area contributed by atoms with E-state index >= 15 is 0 Å². The first-order valence-electron chi connectivity index (χ1n) is 7.22. The van der Waals surface area contributed by atoms with Gasteiger partial charge in [0.05, 0.1) is 4.92 Å². The number of hydrogen-bond donors (Lipinski definition) is 0. The number of ether oxygens (including phenoxy) is 1.